The monoisotopic (exact) mass is 411 g/mol. The van der Waals surface area contributed by atoms with E-state index in [0.717, 1.165) is 50.0 Å². The molecule has 1 aliphatic heterocycles. The van der Waals surface area contributed by atoms with E-state index in [1.807, 2.05) is 36.4 Å². The van der Waals surface area contributed by atoms with E-state index in [1.165, 1.54) is 0 Å². The van der Waals surface area contributed by atoms with Crippen molar-refractivity contribution >= 4 is 12.1 Å². The maximum absolute atomic E-state index is 11.9. The number of hydrogen-bond donors (Lipinski definition) is 1. The van der Waals surface area contributed by atoms with Gasteiger partial charge in [-0.2, -0.15) is 0 Å². The molecule has 1 saturated heterocycles. The molecule has 7 heteroatoms. The number of amides is 1. The van der Waals surface area contributed by atoms with E-state index in [0.29, 0.717) is 24.9 Å². The number of carbonyl (C=O) groups excluding carboxylic acids is 1. The van der Waals surface area contributed by atoms with Crippen LogP contribution in [0.3, 0.4) is 0 Å². The second kappa shape index (κ2) is 12.6. The number of hydrogen-bond acceptors (Lipinski definition) is 6. The van der Waals surface area contributed by atoms with Crippen molar-refractivity contribution in [3.05, 3.63) is 59.8 Å². The van der Waals surface area contributed by atoms with E-state index in [-0.39, 0.29) is 12.5 Å². The Hall–Kier alpha value is -2.93. The van der Waals surface area contributed by atoms with Gasteiger partial charge in [0.2, 0.25) is 5.88 Å². The zero-order chi connectivity index (χ0) is 20.9. The van der Waals surface area contributed by atoms with Gasteiger partial charge >= 0.3 is 0 Å². The van der Waals surface area contributed by atoms with Crippen LogP contribution in [0.1, 0.15) is 30.4 Å². The number of carbonyl (C=O) groups is 1. The number of nitrogens with one attached hydrogen (secondary N) is 1. The summed E-state index contributed by atoms with van der Waals surface area (Å²) in [6, 6.07) is 13.7. The van der Waals surface area contributed by atoms with Gasteiger partial charge in [-0.25, -0.2) is 4.98 Å². The third kappa shape index (κ3) is 8.21. The van der Waals surface area contributed by atoms with E-state index in [4.69, 9.17) is 14.3 Å². The highest BCUT2D eigenvalue weighted by Gasteiger charge is 2.14. The van der Waals surface area contributed by atoms with Gasteiger partial charge in [0.15, 0.2) is 6.61 Å². The Bertz CT molecular complexity index is 775. The summed E-state index contributed by atoms with van der Waals surface area (Å²) in [4.78, 5) is 21.5. The summed E-state index contributed by atoms with van der Waals surface area (Å²) in [6.45, 7) is 2.67. The van der Waals surface area contributed by atoms with E-state index >= 15 is 0 Å². The number of aryl methyl sites for hydroxylation is 1. The maximum atomic E-state index is 11.9. The third-order valence-corrected chi connectivity index (χ3v) is 4.86. The highest BCUT2D eigenvalue weighted by atomic mass is 16.6. The minimum atomic E-state index is -0.126. The molecule has 1 N–H and O–H groups in total. The number of pyridine rings is 1. The molecule has 0 unspecified atom stereocenters. The summed E-state index contributed by atoms with van der Waals surface area (Å²) in [6.07, 6.45) is 7.06. The Morgan fingerprint density at radius 3 is 2.77 bits per heavy atom. The molecule has 0 aliphatic carbocycles. The largest absolute Gasteiger partial charge is 0.468 e. The standard InChI is InChI=1S/C23H29N3O4/c27-22(24-15-20-10-13-28-14-11-20)18-29-23-9-8-19(16-25-23)7-4-12-26-30-17-21-5-2-1-3-6-21/h1-3,5-6,8-9,12,16,20H,4,7,10-11,13-15,17-18H2,(H,24,27). The van der Waals surface area contributed by atoms with Gasteiger partial charge in [-0.15, -0.1) is 0 Å². The first-order chi connectivity index (χ1) is 14.8. The molecule has 0 atom stereocenters. The molecule has 2 heterocycles. The molecule has 0 bridgehead atoms. The molecule has 3 rings (SSSR count). The minimum Gasteiger partial charge on any atom is -0.468 e. The van der Waals surface area contributed by atoms with Crippen LogP contribution in [0.5, 0.6) is 5.88 Å². The molecule has 1 amide bonds. The van der Waals surface area contributed by atoms with Gasteiger partial charge in [-0.05, 0) is 42.7 Å². The number of nitrogens with zero attached hydrogens (tertiary/aromatic N) is 2. The predicted octanol–water partition coefficient (Wildman–Crippen LogP) is 3.14. The van der Waals surface area contributed by atoms with Gasteiger partial charge < -0.3 is 19.6 Å². The zero-order valence-corrected chi connectivity index (χ0v) is 17.2. The highest BCUT2D eigenvalue weighted by molar-refractivity contribution is 5.77. The quantitative estimate of drug-likeness (QED) is 0.454. The molecule has 30 heavy (non-hydrogen) atoms. The molecule has 1 aliphatic rings. The van der Waals surface area contributed by atoms with Gasteiger partial charge in [0.25, 0.3) is 5.91 Å². The SMILES string of the molecule is O=C(COc1ccc(CCC=NOCc2ccccc2)cn1)NCC1CCOCC1. The molecule has 0 spiro atoms. The van der Waals surface area contributed by atoms with Crippen molar-refractivity contribution in [2.45, 2.75) is 32.3 Å². The van der Waals surface area contributed by atoms with Crippen molar-refractivity contribution in [1.82, 2.24) is 10.3 Å². The van der Waals surface area contributed by atoms with Gasteiger partial charge in [0, 0.05) is 38.2 Å². The fourth-order valence-corrected chi connectivity index (χ4v) is 3.07. The molecule has 2 aromatic rings. The van der Waals surface area contributed by atoms with Gasteiger partial charge in [0.05, 0.1) is 0 Å². The van der Waals surface area contributed by atoms with Crippen LogP contribution < -0.4 is 10.1 Å². The Morgan fingerprint density at radius 2 is 2.00 bits per heavy atom. The molecule has 1 fully saturated rings. The zero-order valence-electron chi connectivity index (χ0n) is 17.2. The van der Waals surface area contributed by atoms with E-state index < -0.39 is 0 Å². The van der Waals surface area contributed by atoms with Crippen molar-refractivity contribution < 1.29 is 19.1 Å². The fraction of sp³-hybridized carbons (Fsp3) is 0.435. The lowest BCUT2D eigenvalue weighted by atomic mass is 10.0. The van der Waals surface area contributed by atoms with Gasteiger partial charge in [-0.1, -0.05) is 41.6 Å². The molecule has 0 radical (unpaired) electrons. The van der Waals surface area contributed by atoms with E-state index in [9.17, 15) is 4.79 Å². The second-order valence-corrected chi connectivity index (χ2v) is 7.24. The van der Waals surface area contributed by atoms with Crippen LogP contribution in [-0.4, -0.2) is 43.5 Å². The highest BCUT2D eigenvalue weighted by Crippen LogP contribution is 2.13. The summed E-state index contributed by atoms with van der Waals surface area (Å²) in [5.74, 6) is 0.811. The van der Waals surface area contributed by atoms with Crippen molar-refractivity contribution in [2.75, 3.05) is 26.4 Å². The van der Waals surface area contributed by atoms with E-state index in [2.05, 4.69) is 15.5 Å². The minimum absolute atomic E-state index is 0.0268. The number of ether oxygens (including phenoxy) is 2. The molecular weight excluding hydrogens is 382 g/mol. The third-order valence-electron chi connectivity index (χ3n) is 4.86. The van der Waals surface area contributed by atoms with Gasteiger partial charge in [0.1, 0.15) is 6.61 Å². The summed E-state index contributed by atoms with van der Waals surface area (Å²) >= 11 is 0. The average Bonchev–Trinajstić information content (AvgIpc) is 2.80. The first-order valence-corrected chi connectivity index (χ1v) is 10.4. The van der Waals surface area contributed by atoms with Crippen molar-refractivity contribution in [3.8, 4) is 5.88 Å². The fourth-order valence-electron chi connectivity index (χ4n) is 3.07. The first kappa shape index (κ1) is 21.8. The normalized spacial score (nSPS) is 14.5. The first-order valence-electron chi connectivity index (χ1n) is 10.4. The number of oxime groups is 1. The number of benzene rings is 1. The van der Waals surface area contributed by atoms with Crippen molar-refractivity contribution in [2.24, 2.45) is 11.1 Å². The van der Waals surface area contributed by atoms with Crippen molar-refractivity contribution in [3.63, 3.8) is 0 Å². The molecule has 0 saturated carbocycles. The van der Waals surface area contributed by atoms with Crippen LogP contribution in [0.15, 0.2) is 53.8 Å². The number of rotatable bonds is 11. The number of aromatic nitrogens is 1. The Balaban J connectivity index is 1.27. The van der Waals surface area contributed by atoms with Crippen LogP contribution in [0.4, 0.5) is 0 Å². The topological polar surface area (TPSA) is 82.0 Å². The Labute approximate surface area is 177 Å². The molecule has 1 aromatic heterocycles. The second-order valence-electron chi connectivity index (χ2n) is 7.24. The lowest BCUT2D eigenvalue weighted by molar-refractivity contribution is -0.123. The van der Waals surface area contributed by atoms with Crippen LogP contribution in [0.25, 0.3) is 0 Å². The maximum Gasteiger partial charge on any atom is 0.258 e. The summed E-state index contributed by atoms with van der Waals surface area (Å²) in [5.41, 5.74) is 2.16. The smallest absolute Gasteiger partial charge is 0.258 e. The van der Waals surface area contributed by atoms with Gasteiger partial charge in [-0.3, -0.25) is 4.79 Å². The Kier molecular flexibility index (Phi) is 9.14. The van der Waals surface area contributed by atoms with Crippen LogP contribution in [0.2, 0.25) is 0 Å². The predicted molar refractivity (Wildman–Crippen MR) is 114 cm³/mol. The average molecular weight is 412 g/mol. The van der Waals surface area contributed by atoms with Crippen LogP contribution in [0, 0.1) is 5.92 Å². The molecular formula is C23H29N3O4. The van der Waals surface area contributed by atoms with Crippen molar-refractivity contribution in [1.29, 1.82) is 0 Å². The lowest BCUT2D eigenvalue weighted by Crippen LogP contribution is -2.35. The van der Waals surface area contributed by atoms with E-state index in [1.54, 1.807) is 18.5 Å². The Morgan fingerprint density at radius 1 is 1.17 bits per heavy atom. The lowest BCUT2D eigenvalue weighted by Gasteiger charge is -2.22. The van der Waals surface area contributed by atoms with Crippen LogP contribution >= 0.6 is 0 Å². The molecule has 160 valence electrons. The summed E-state index contributed by atoms with van der Waals surface area (Å²) in [7, 11) is 0. The molecule has 1 aromatic carbocycles. The summed E-state index contributed by atoms with van der Waals surface area (Å²) < 4.78 is 10.8. The van der Waals surface area contributed by atoms with Crippen LogP contribution in [-0.2, 0) is 27.4 Å². The molecule has 7 nitrogen and oxygen atoms in total. The summed E-state index contributed by atoms with van der Waals surface area (Å²) in [5, 5.41) is 6.89.